The van der Waals surface area contributed by atoms with E-state index in [1.165, 1.54) is 4.90 Å². The number of hydrogen-bond donors (Lipinski definition) is 1. The summed E-state index contributed by atoms with van der Waals surface area (Å²) in [5.74, 6) is -1.03. The Morgan fingerprint density at radius 3 is 2.37 bits per heavy atom. The number of amides is 1. The van der Waals surface area contributed by atoms with E-state index in [0.29, 0.717) is 29.2 Å². The quantitative estimate of drug-likeness (QED) is 0.290. The van der Waals surface area contributed by atoms with Gasteiger partial charge in [-0.2, -0.15) is 5.26 Å². The molecule has 0 aromatic heterocycles. The third kappa shape index (κ3) is 4.41. The SMILES string of the molecule is CCCOc1ccc(/C(O)=C2\C(=O)C(=O)N(c3ccc(C#N)cc3)C2c2ccccc2C)cc1C. The minimum Gasteiger partial charge on any atom is -0.507 e. The third-order valence-electron chi connectivity index (χ3n) is 6.11. The highest BCUT2D eigenvalue weighted by Crippen LogP contribution is 2.43. The van der Waals surface area contributed by atoms with Crippen LogP contribution in [-0.4, -0.2) is 23.4 Å². The Labute approximate surface area is 204 Å². The topological polar surface area (TPSA) is 90.6 Å². The van der Waals surface area contributed by atoms with Crippen LogP contribution in [0.25, 0.3) is 5.76 Å². The minimum absolute atomic E-state index is 0.0234. The van der Waals surface area contributed by atoms with Gasteiger partial charge in [0.05, 0.1) is 29.9 Å². The summed E-state index contributed by atoms with van der Waals surface area (Å²) in [6.45, 7) is 6.37. The molecule has 6 heteroatoms. The number of benzene rings is 3. The average molecular weight is 467 g/mol. The molecule has 1 unspecified atom stereocenters. The molecule has 1 atom stereocenters. The fraction of sp³-hybridized carbons (Fsp3) is 0.207. The molecule has 1 aliphatic rings. The van der Waals surface area contributed by atoms with Crippen molar-refractivity contribution in [3.8, 4) is 11.8 Å². The Balaban J connectivity index is 1.89. The van der Waals surface area contributed by atoms with Crippen LogP contribution in [0.5, 0.6) is 5.75 Å². The van der Waals surface area contributed by atoms with Crippen LogP contribution in [0.3, 0.4) is 0 Å². The number of Topliss-reactive ketones (excluding diaryl/α,β-unsaturated/α-hetero) is 1. The van der Waals surface area contributed by atoms with Gasteiger partial charge in [-0.1, -0.05) is 31.2 Å². The second-order valence-corrected chi connectivity index (χ2v) is 8.51. The molecule has 1 N–H and O–H groups in total. The van der Waals surface area contributed by atoms with Gasteiger partial charge in [-0.25, -0.2) is 0 Å². The van der Waals surface area contributed by atoms with Crippen LogP contribution in [-0.2, 0) is 9.59 Å². The number of carbonyl (C=O) groups excluding carboxylic acids is 2. The van der Waals surface area contributed by atoms with Gasteiger partial charge >= 0.3 is 0 Å². The number of ketones is 1. The van der Waals surface area contributed by atoms with Crippen LogP contribution in [0.2, 0.25) is 0 Å². The van der Waals surface area contributed by atoms with Gasteiger partial charge in [-0.15, -0.1) is 0 Å². The summed E-state index contributed by atoms with van der Waals surface area (Å²) >= 11 is 0. The van der Waals surface area contributed by atoms with Crippen LogP contribution in [0.4, 0.5) is 5.69 Å². The number of aliphatic hydroxyl groups excluding tert-OH is 1. The van der Waals surface area contributed by atoms with E-state index < -0.39 is 17.7 Å². The first-order chi connectivity index (χ1) is 16.9. The number of aliphatic hydroxyl groups is 1. The van der Waals surface area contributed by atoms with Crippen molar-refractivity contribution in [3.05, 3.63) is 100 Å². The standard InChI is InChI=1S/C29H26N2O4/c1-4-15-35-24-14-11-21(16-19(24)3)27(32)25-26(23-8-6-5-7-18(23)2)31(29(34)28(25)33)22-12-9-20(17-30)10-13-22/h5-14,16,26,32H,4,15H2,1-3H3/b27-25+. The van der Waals surface area contributed by atoms with E-state index in [1.54, 1.807) is 42.5 Å². The van der Waals surface area contributed by atoms with Crippen molar-refractivity contribution in [2.24, 2.45) is 0 Å². The summed E-state index contributed by atoms with van der Waals surface area (Å²) in [6, 6.07) is 20.4. The zero-order valence-electron chi connectivity index (χ0n) is 19.9. The van der Waals surface area contributed by atoms with Gasteiger partial charge in [0.25, 0.3) is 11.7 Å². The van der Waals surface area contributed by atoms with Crippen molar-refractivity contribution in [3.63, 3.8) is 0 Å². The Hall–Kier alpha value is -4.37. The van der Waals surface area contributed by atoms with Gasteiger partial charge < -0.3 is 9.84 Å². The van der Waals surface area contributed by atoms with Crippen molar-refractivity contribution in [2.75, 3.05) is 11.5 Å². The second kappa shape index (κ2) is 9.86. The molecule has 1 aliphatic heterocycles. The lowest BCUT2D eigenvalue weighted by molar-refractivity contribution is -0.132. The predicted molar refractivity (Wildman–Crippen MR) is 134 cm³/mol. The van der Waals surface area contributed by atoms with Gasteiger partial charge in [-0.3, -0.25) is 14.5 Å². The molecule has 3 aromatic rings. The molecule has 0 saturated carbocycles. The van der Waals surface area contributed by atoms with Crippen molar-refractivity contribution >= 4 is 23.1 Å². The second-order valence-electron chi connectivity index (χ2n) is 8.51. The maximum absolute atomic E-state index is 13.3. The molecule has 0 radical (unpaired) electrons. The van der Waals surface area contributed by atoms with E-state index in [1.807, 2.05) is 45.0 Å². The van der Waals surface area contributed by atoms with E-state index >= 15 is 0 Å². The van der Waals surface area contributed by atoms with Gasteiger partial charge in [0.15, 0.2) is 0 Å². The molecule has 6 nitrogen and oxygen atoms in total. The summed E-state index contributed by atoms with van der Waals surface area (Å²) < 4.78 is 5.73. The van der Waals surface area contributed by atoms with Crippen molar-refractivity contribution in [1.82, 2.24) is 0 Å². The minimum atomic E-state index is -0.819. The van der Waals surface area contributed by atoms with E-state index in [-0.39, 0.29) is 11.3 Å². The Kier molecular flexibility index (Phi) is 6.70. The maximum atomic E-state index is 13.3. The molecule has 4 rings (SSSR count). The number of nitriles is 1. The van der Waals surface area contributed by atoms with Gasteiger partial charge in [0.2, 0.25) is 0 Å². The van der Waals surface area contributed by atoms with Crippen molar-refractivity contribution in [1.29, 1.82) is 5.26 Å². The highest BCUT2D eigenvalue weighted by Gasteiger charge is 2.47. The zero-order chi connectivity index (χ0) is 25.1. The highest BCUT2D eigenvalue weighted by atomic mass is 16.5. The molecule has 3 aromatic carbocycles. The van der Waals surface area contributed by atoms with Gasteiger partial charge in [0.1, 0.15) is 11.5 Å². The zero-order valence-corrected chi connectivity index (χ0v) is 19.9. The van der Waals surface area contributed by atoms with Crippen LogP contribution >= 0.6 is 0 Å². The van der Waals surface area contributed by atoms with E-state index in [2.05, 4.69) is 6.07 Å². The van der Waals surface area contributed by atoms with E-state index in [4.69, 9.17) is 10.00 Å². The fourth-order valence-corrected chi connectivity index (χ4v) is 4.31. The van der Waals surface area contributed by atoms with Crippen molar-refractivity contribution < 1.29 is 19.4 Å². The van der Waals surface area contributed by atoms with E-state index in [0.717, 1.165) is 23.1 Å². The van der Waals surface area contributed by atoms with Gasteiger partial charge in [-0.05, 0) is 79.4 Å². The number of ether oxygens (including phenoxy) is 1. The molecule has 1 amide bonds. The summed E-state index contributed by atoms with van der Waals surface area (Å²) in [6.07, 6.45) is 0.871. The Morgan fingerprint density at radius 1 is 1.03 bits per heavy atom. The monoisotopic (exact) mass is 466 g/mol. The van der Waals surface area contributed by atoms with Crippen LogP contribution < -0.4 is 9.64 Å². The maximum Gasteiger partial charge on any atom is 0.300 e. The fourth-order valence-electron chi connectivity index (χ4n) is 4.31. The first-order valence-electron chi connectivity index (χ1n) is 11.5. The van der Waals surface area contributed by atoms with Gasteiger partial charge in [0, 0.05) is 11.3 Å². The first-order valence-corrected chi connectivity index (χ1v) is 11.5. The van der Waals surface area contributed by atoms with E-state index in [9.17, 15) is 14.7 Å². The van der Waals surface area contributed by atoms with Crippen LogP contribution in [0.1, 0.15) is 47.2 Å². The molecule has 0 aliphatic carbocycles. The summed E-state index contributed by atoms with van der Waals surface area (Å²) in [5, 5.41) is 20.5. The molecule has 176 valence electrons. The lowest BCUT2D eigenvalue weighted by Crippen LogP contribution is -2.29. The predicted octanol–water partition coefficient (Wildman–Crippen LogP) is 5.59. The number of hydrogen-bond acceptors (Lipinski definition) is 5. The molecule has 1 fully saturated rings. The Bertz CT molecular complexity index is 1370. The number of nitrogens with zero attached hydrogens (tertiary/aromatic N) is 2. The molecular weight excluding hydrogens is 440 g/mol. The summed E-state index contributed by atoms with van der Waals surface area (Å²) in [7, 11) is 0. The molecule has 0 bridgehead atoms. The smallest absolute Gasteiger partial charge is 0.300 e. The molecule has 1 heterocycles. The summed E-state index contributed by atoms with van der Waals surface area (Å²) in [5.41, 5.74) is 3.80. The summed E-state index contributed by atoms with van der Waals surface area (Å²) in [4.78, 5) is 28.0. The number of rotatable bonds is 6. The number of aryl methyl sites for hydroxylation is 2. The normalized spacial score (nSPS) is 16.9. The average Bonchev–Trinajstić information content (AvgIpc) is 3.13. The first kappa shape index (κ1) is 23.8. The largest absolute Gasteiger partial charge is 0.507 e. The van der Waals surface area contributed by atoms with Crippen LogP contribution in [0, 0.1) is 25.2 Å². The Morgan fingerprint density at radius 2 is 1.74 bits per heavy atom. The number of carbonyl (C=O) groups is 2. The lowest BCUT2D eigenvalue weighted by Gasteiger charge is -2.26. The lowest BCUT2D eigenvalue weighted by atomic mass is 9.92. The molecular formula is C29H26N2O4. The number of anilines is 1. The molecule has 1 saturated heterocycles. The van der Waals surface area contributed by atoms with Crippen LogP contribution in [0.15, 0.2) is 72.3 Å². The molecule has 35 heavy (non-hydrogen) atoms. The molecule has 0 spiro atoms. The highest BCUT2D eigenvalue weighted by molar-refractivity contribution is 6.51. The van der Waals surface area contributed by atoms with Crippen molar-refractivity contribution in [2.45, 2.75) is 33.2 Å². The third-order valence-corrected chi connectivity index (χ3v) is 6.11.